The van der Waals surface area contributed by atoms with E-state index in [1.807, 2.05) is 11.3 Å². The fourth-order valence-corrected chi connectivity index (χ4v) is 3.82. The lowest BCUT2D eigenvalue weighted by Gasteiger charge is -2.33. The molecule has 1 fully saturated rings. The van der Waals surface area contributed by atoms with Crippen molar-refractivity contribution >= 4 is 11.3 Å². The summed E-state index contributed by atoms with van der Waals surface area (Å²) < 4.78 is 0. The number of thiophene rings is 1. The maximum Gasteiger partial charge on any atom is 0.0388 e. The molecule has 3 heteroatoms. The molecule has 3 rings (SSSR count). The summed E-state index contributed by atoms with van der Waals surface area (Å²) >= 11 is 1.85. The Balaban J connectivity index is 1.45. The van der Waals surface area contributed by atoms with Crippen molar-refractivity contribution in [2.75, 3.05) is 13.1 Å². The second kappa shape index (κ2) is 7.21. The van der Waals surface area contributed by atoms with Crippen molar-refractivity contribution in [3.05, 3.63) is 58.3 Å². The molecule has 0 saturated carbocycles. The maximum atomic E-state index is 3.79. The fraction of sp³-hybridized carbons (Fsp3) is 0.444. The third-order valence-corrected chi connectivity index (χ3v) is 5.35. The highest BCUT2D eigenvalue weighted by atomic mass is 32.1. The smallest absolute Gasteiger partial charge is 0.0388 e. The van der Waals surface area contributed by atoms with Crippen LogP contribution >= 0.6 is 11.3 Å². The summed E-state index contributed by atoms with van der Waals surface area (Å²) in [5.74, 6) is 0. The van der Waals surface area contributed by atoms with Gasteiger partial charge < -0.3 is 5.32 Å². The van der Waals surface area contributed by atoms with Gasteiger partial charge >= 0.3 is 0 Å². The maximum absolute atomic E-state index is 3.79. The number of hydrogen-bond acceptors (Lipinski definition) is 3. The minimum Gasteiger partial charge on any atom is -0.307 e. The van der Waals surface area contributed by atoms with Gasteiger partial charge in [0.25, 0.3) is 0 Å². The molecule has 1 aliphatic rings. The predicted octanol–water partition coefficient (Wildman–Crippen LogP) is 4.06. The second-order valence-corrected chi connectivity index (χ2v) is 6.92. The Hall–Kier alpha value is -1.16. The van der Waals surface area contributed by atoms with E-state index in [4.69, 9.17) is 0 Å². The topological polar surface area (TPSA) is 15.3 Å². The van der Waals surface area contributed by atoms with Gasteiger partial charge in [-0.3, -0.25) is 4.90 Å². The molecule has 1 atom stereocenters. The SMILES string of the molecule is C[C@H](NC1CCN(Cc2ccccc2)CC1)c1cccs1. The minimum atomic E-state index is 0.482. The summed E-state index contributed by atoms with van der Waals surface area (Å²) in [4.78, 5) is 4.02. The predicted molar refractivity (Wildman–Crippen MR) is 90.6 cm³/mol. The molecular formula is C18H24N2S. The van der Waals surface area contributed by atoms with E-state index < -0.39 is 0 Å². The number of piperidine rings is 1. The number of rotatable bonds is 5. The normalized spacial score (nSPS) is 18.7. The van der Waals surface area contributed by atoms with Crippen molar-refractivity contribution in [1.29, 1.82) is 0 Å². The molecule has 1 aliphatic heterocycles. The van der Waals surface area contributed by atoms with Gasteiger partial charge in [0.15, 0.2) is 0 Å². The first kappa shape index (κ1) is 14.8. The van der Waals surface area contributed by atoms with Crippen LogP contribution in [0.3, 0.4) is 0 Å². The Bertz CT molecular complexity index is 515. The molecule has 2 nitrogen and oxygen atoms in total. The number of benzene rings is 1. The Kier molecular flexibility index (Phi) is 5.07. The Labute approximate surface area is 131 Å². The summed E-state index contributed by atoms with van der Waals surface area (Å²) in [6, 6.07) is 16.3. The highest BCUT2D eigenvalue weighted by molar-refractivity contribution is 7.10. The van der Waals surface area contributed by atoms with Crippen LogP contribution in [0.25, 0.3) is 0 Å². The van der Waals surface area contributed by atoms with Gasteiger partial charge in [-0.1, -0.05) is 36.4 Å². The number of hydrogen-bond donors (Lipinski definition) is 1. The zero-order valence-electron chi connectivity index (χ0n) is 12.7. The second-order valence-electron chi connectivity index (χ2n) is 5.94. The van der Waals surface area contributed by atoms with Crippen LogP contribution in [0.4, 0.5) is 0 Å². The summed E-state index contributed by atoms with van der Waals surface area (Å²) in [7, 11) is 0. The lowest BCUT2D eigenvalue weighted by atomic mass is 10.0. The van der Waals surface area contributed by atoms with Gasteiger partial charge in [-0.2, -0.15) is 0 Å². The van der Waals surface area contributed by atoms with Crippen molar-refractivity contribution in [2.45, 2.75) is 38.4 Å². The van der Waals surface area contributed by atoms with E-state index in [1.54, 1.807) is 0 Å². The molecule has 0 amide bonds. The van der Waals surface area contributed by atoms with Crippen LogP contribution in [0.5, 0.6) is 0 Å². The molecule has 0 aliphatic carbocycles. The first-order valence-electron chi connectivity index (χ1n) is 7.87. The van der Waals surface area contributed by atoms with Crippen molar-refractivity contribution in [3.8, 4) is 0 Å². The molecule has 0 radical (unpaired) electrons. The van der Waals surface area contributed by atoms with E-state index in [1.165, 1.54) is 36.4 Å². The van der Waals surface area contributed by atoms with E-state index in [2.05, 4.69) is 65.0 Å². The van der Waals surface area contributed by atoms with Crippen LogP contribution in [0.1, 0.15) is 36.2 Å². The molecule has 1 aromatic heterocycles. The van der Waals surface area contributed by atoms with Crippen LogP contribution in [0, 0.1) is 0 Å². The molecule has 112 valence electrons. The van der Waals surface area contributed by atoms with E-state index >= 15 is 0 Å². The molecule has 21 heavy (non-hydrogen) atoms. The largest absolute Gasteiger partial charge is 0.307 e. The lowest BCUT2D eigenvalue weighted by molar-refractivity contribution is 0.185. The zero-order chi connectivity index (χ0) is 14.5. The highest BCUT2D eigenvalue weighted by Crippen LogP contribution is 2.21. The molecule has 0 bridgehead atoms. The highest BCUT2D eigenvalue weighted by Gasteiger charge is 2.21. The van der Waals surface area contributed by atoms with Gasteiger partial charge in [0.1, 0.15) is 0 Å². The number of likely N-dealkylation sites (tertiary alicyclic amines) is 1. The van der Waals surface area contributed by atoms with Crippen molar-refractivity contribution in [2.24, 2.45) is 0 Å². The van der Waals surface area contributed by atoms with Crippen LogP contribution in [0.2, 0.25) is 0 Å². The lowest BCUT2D eigenvalue weighted by Crippen LogP contribution is -2.42. The quantitative estimate of drug-likeness (QED) is 0.895. The molecule has 2 aromatic rings. The molecular weight excluding hydrogens is 276 g/mol. The van der Waals surface area contributed by atoms with E-state index in [-0.39, 0.29) is 0 Å². The Morgan fingerprint density at radius 1 is 1.14 bits per heavy atom. The van der Waals surface area contributed by atoms with Crippen LogP contribution in [-0.2, 0) is 6.54 Å². The van der Waals surface area contributed by atoms with Crippen LogP contribution < -0.4 is 5.32 Å². The van der Waals surface area contributed by atoms with Crippen molar-refractivity contribution in [3.63, 3.8) is 0 Å². The molecule has 0 spiro atoms. The first-order chi connectivity index (χ1) is 10.3. The van der Waals surface area contributed by atoms with Crippen molar-refractivity contribution < 1.29 is 0 Å². The zero-order valence-corrected chi connectivity index (χ0v) is 13.5. The molecule has 2 heterocycles. The Morgan fingerprint density at radius 3 is 2.57 bits per heavy atom. The van der Waals surface area contributed by atoms with Gasteiger partial charge in [-0.05, 0) is 49.9 Å². The molecule has 0 unspecified atom stereocenters. The van der Waals surface area contributed by atoms with Crippen LogP contribution in [0.15, 0.2) is 47.8 Å². The summed E-state index contributed by atoms with van der Waals surface area (Å²) in [6.07, 6.45) is 2.51. The van der Waals surface area contributed by atoms with Crippen LogP contribution in [-0.4, -0.2) is 24.0 Å². The van der Waals surface area contributed by atoms with Gasteiger partial charge in [0.2, 0.25) is 0 Å². The summed E-state index contributed by atoms with van der Waals surface area (Å²) in [5.41, 5.74) is 1.43. The molecule has 1 aromatic carbocycles. The Morgan fingerprint density at radius 2 is 1.90 bits per heavy atom. The van der Waals surface area contributed by atoms with E-state index in [0.29, 0.717) is 12.1 Å². The third-order valence-electron chi connectivity index (χ3n) is 4.29. The monoisotopic (exact) mass is 300 g/mol. The van der Waals surface area contributed by atoms with E-state index in [0.717, 1.165) is 6.54 Å². The summed E-state index contributed by atoms with van der Waals surface area (Å²) in [6.45, 7) is 5.77. The number of nitrogens with zero attached hydrogens (tertiary/aromatic N) is 1. The first-order valence-corrected chi connectivity index (χ1v) is 8.75. The minimum absolute atomic E-state index is 0.482. The summed E-state index contributed by atoms with van der Waals surface area (Å²) in [5, 5.41) is 5.95. The van der Waals surface area contributed by atoms with Gasteiger partial charge in [0, 0.05) is 23.5 Å². The number of nitrogens with one attached hydrogen (secondary N) is 1. The van der Waals surface area contributed by atoms with Gasteiger partial charge in [-0.25, -0.2) is 0 Å². The van der Waals surface area contributed by atoms with Crippen molar-refractivity contribution in [1.82, 2.24) is 10.2 Å². The van der Waals surface area contributed by atoms with E-state index in [9.17, 15) is 0 Å². The standard InChI is InChI=1S/C18H24N2S/c1-15(18-8-5-13-21-18)19-17-9-11-20(12-10-17)14-16-6-3-2-4-7-16/h2-8,13,15,17,19H,9-12,14H2,1H3/t15-/m0/s1. The molecule has 1 saturated heterocycles. The fourth-order valence-electron chi connectivity index (χ4n) is 3.07. The average Bonchev–Trinajstić information content (AvgIpc) is 3.05. The average molecular weight is 300 g/mol. The third kappa shape index (κ3) is 4.16. The van der Waals surface area contributed by atoms with Gasteiger partial charge in [0.05, 0.1) is 0 Å². The van der Waals surface area contributed by atoms with Gasteiger partial charge in [-0.15, -0.1) is 11.3 Å². The molecule has 1 N–H and O–H groups in total.